The van der Waals surface area contributed by atoms with E-state index in [1.165, 1.54) is 6.33 Å². The predicted molar refractivity (Wildman–Crippen MR) is 177 cm³/mol. The number of aromatic nitrogens is 3. The largest absolute Gasteiger partial charge is 0.364 e. The number of piperidine rings is 1. The molecule has 1 N–H and O–H groups in total. The number of hydrogen-bond acceptors (Lipinski definition) is 7. The Morgan fingerprint density at radius 1 is 0.911 bits per heavy atom. The molecule has 4 aliphatic heterocycles. The maximum atomic E-state index is 15.5. The van der Waals surface area contributed by atoms with E-state index in [4.69, 9.17) is 0 Å². The number of nitrogens with one attached hydrogen (secondary N) is 1. The molecule has 8 bridgehead atoms. The van der Waals surface area contributed by atoms with Gasteiger partial charge in [0.1, 0.15) is 23.5 Å². The second kappa shape index (κ2) is 13.7. The minimum atomic E-state index is -2.88. The Hall–Kier alpha value is -3.11. The molecule has 7 rings (SSSR count). The van der Waals surface area contributed by atoms with Crippen molar-refractivity contribution in [3.05, 3.63) is 58.1 Å². The Balaban J connectivity index is 1.36. The second-order valence-electron chi connectivity index (χ2n) is 13.6. The number of anilines is 2. The van der Waals surface area contributed by atoms with Crippen molar-refractivity contribution in [3.8, 4) is 0 Å². The molecule has 8 nitrogen and oxygen atoms in total. The molecule has 2 fully saturated rings. The van der Waals surface area contributed by atoms with Crippen LogP contribution in [-0.4, -0.2) is 76.2 Å². The monoisotopic (exact) mass is 621 g/mol. The molecule has 0 unspecified atom stereocenters. The third kappa shape index (κ3) is 7.17. The Morgan fingerprint density at radius 2 is 1.67 bits per heavy atom. The molecule has 4 aliphatic rings. The number of piperazine rings is 1. The van der Waals surface area contributed by atoms with Crippen molar-refractivity contribution in [2.24, 2.45) is 5.92 Å². The van der Waals surface area contributed by atoms with E-state index in [0.717, 1.165) is 88.9 Å². The summed E-state index contributed by atoms with van der Waals surface area (Å²) >= 11 is 0. The van der Waals surface area contributed by atoms with Crippen LogP contribution in [-0.2, 0) is 12.5 Å². The number of nitrogens with zero attached hydrogens (tertiary/aromatic N) is 6. The first kappa shape index (κ1) is 31.9. The first-order valence-corrected chi connectivity index (χ1v) is 17.0. The van der Waals surface area contributed by atoms with Gasteiger partial charge in [0.05, 0.1) is 5.39 Å². The highest BCUT2D eigenvalue weighted by molar-refractivity contribution is 5.89. The molecule has 0 spiro atoms. The van der Waals surface area contributed by atoms with Crippen molar-refractivity contribution in [1.29, 1.82) is 0 Å². The van der Waals surface area contributed by atoms with Gasteiger partial charge in [-0.1, -0.05) is 24.6 Å². The quantitative estimate of drug-likeness (QED) is 0.362. The average molecular weight is 622 g/mol. The van der Waals surface area contributed by atoms with E-state index >= 15 is 8.78 Å². The van der Waals surface area contributed by atoms with Crippen LogP contribution in [0.1, 0.15) is 82.9 Å². The summed E-state index contributed by atoms with van der Waals surface area (Å²) in [4.78, 5) is 30.4. The van der Waals surface area contributed by atoms with Crippen LogP contribution in [0, 0.1) is 5.92 Å². The van der Waals surface area contributed by atoms with E-state index in [2.05, 4.69) is 43.8 Å². The summed E-state index contributed by atoms with van der Waals surface area (Å²) < 4.78 is 32.9. The Bertz CT molecular complexity index is 1510. The van der Waals surface area contributed by atoms with Crippen molar-refractivity contribution < 1.29 is 8.78 Å². The minimum absolute atomic E-state index is 0.00593. The number of benzene rings is 1. The Labute approximate surface area is 265 Å². The van der Waals surface area contributed by atoms with Crippen LogP contribution in [0.2, 0.25) is 0 Å². The molecule has 0 saturated carbocycles. The summed E-state index contributed by atoms with van der Waals surface area (Å²) in [6.07, 6.45) is 6.86. The highest BCUT2D eigenvalue weighted by Crippen LogP contribution is 2.37. The lowest BCUT2D eigenvalue weighted by Crippen LogP contribution is -2.50. The number of aryl methyl sites for hydroxylation is 1. The van der Waals surface area contributed by atoms with Crippen LogP contribution >= 0.6 is 0 Å². The first-order valence-electron chi connectivity index (χ1n) is 17.0. The second-order valence-corrected chi connectivity index (χ2v) is 13.6. The van der Waals surface area contributed by atoms with Gasteiger partial charge in [0.25, 0.3) is 11.5 Å². The standard InChI is InChI=1S/C35H49F2N7O/c1-25(2)42-18-20-43(21-19-42)31-23-30-32-38-24-39-33(30)44(34(31)45)15-6-4-5-14-41-16-11-27(12-17-41)10-13-35(36,37)29-9-7-8-28(22-29)26(3)40-32/h7-9,22-27H,4-6,10-21H2,1-3H3,(H,38,39,40)/t26-/m1/s1. The fraction of sp³-hybridized carbons (Fsp3) is 0.629. The molecule has 0 amide bonds. The normalized spacial score (nSPS) is 25.3. The molecule has 6 heterocycles. The molecule has 0 radical (unpaired) electrons. The van der Waals surface area contributed by atoms with Crippen LogP contribution in [0.3, 0.4) is 0 Å². The van der Waals surface area contributed by atoms with Crippen LogP contribution in [0.15, 0.2) is 41.5 Å². The number of hydrogen-bond donors (Lipinski definition) is 1. The van der Waals surface area contributed by atoms with Crippen LogP contribution in [0.5, 0.6) is 0 Å². The van der Waals surface area contributed by atoms with Gasteiger partial charge >= 0.3 is 0 Å². The average Bonchev–Trinajstić information content (AvgIpc) is 3.05. The van der Waals surface area contributed by atoms with Gasteiger partial charge < -0.3 is 15.1 Å². The molecular formula is C35H49F2N7O. The summed E-state index contributed by atoms with van der Waals surface area (Å²) in [5.74, 6) is -1.92. The fourth-order valence-corrected chi connectivity index (χ4v) is 7.33. The molecule has 2 saturated heterocycles. The van der Waals surface area contributed by atoms with Gasteiger partial charge in [0, 0.05) is 56.8 Å². The summed E-state index contributed by atoms with van der Waals surface area (Å²) in [6, 6.07) is 8.94. The molecule has 1 atom stereocenters. The molecule has 45 heavy (non-hydrogen) atoms. The van der Waals surface area contributed by atoms with Crippen LogP contribution in [0.4, 0.5) is 20.3 Å². The number of alkyl halides is 2. The predicted octanol–water partition coefficient (Wildman–Crippen LogP) is 6.26. The van der Waals surface area contributed by atoms with Crippen molar-refractivity contribution >= 4 is 22.5 Å². The lowest BCUT2D eigenvalue weighted by molar-refractivity contribution is -0.0217. The van der Waals surface area contributed by atoms with Gasteiger partial charge in [-0.2, -0.15) is 0 Å². The van der Waals surface area contributed by atoms with E-state index in [0.29, 0.717) is 42.1 Å². The molecule has 3 aromatic rings. The van der Waals surface area contributed by atoms with Crippen LogP contribution in [0.25, 0.3) is 11.0 Å². The van der Waals surface area contributed by atoms with Crippen molar-refractivity contribution in [3.63, 3.8) is 0 Å². The smallest absolute Gasteiger partial charge is 0.275 e. The lowest BCUT2D eigenvalue weighted by Gasteiger charge is -2.38. The van der Waals surface area contributed by atoms with Crippen molar-refractivity contribution in [2.75, 3.05) is 56.0 Å². The third-order valence-electron chi connectivity index (χ3n) is 10.3. The molecule has 1 aromatic carbocycles. The minimum Gasteiger partial charge on any atom is -0.364 e. The van der Waals surface area contributed by atoms with Crippen molar-refractivity contribution in [2.45, 2.75) is 90.3 Å². The maximum Gasteiger partial charge on any atom is 0.275 e. The fourth-order valence-electron chi connectivity index (χ4n) is 7.33. The zero-order valence-electron chi connectivity index (χ0n) is 27.2. The summed E-state index contributed by atoms with van der Waals surface area (Å²) in [5, 5.41) is 4.27. The number of rotatable bonds is 2. The Kier molecular flexibility index (Phi) is 9.71. The van der Waals surface area contributed by atoms with Crippen LogP contribution < -0.4 is 15.8 Å². The van der Waals surface area contributed by atoms with Gasteiger partial charge in [-0.05, 0) is 96.1 Å². The van der Waals surface area contributed by atoms with Gasteiger partial charge in [-0.3, -0.25) is 14.3 Å². The zero-order valence-corrected chi connectivity index (χ0v) is 27.2. The number of pyridine rings is 1. The van der Waals surface area contributed by atoms with E-state index in [1.54, 1.807) is 18.2 Å². The maximum absolute atomic E-state index is 15.5. The topological polar surface area (TPSA) is 69.5 Å². The van der Waals surface area contributed by atoms with E-state index in [-0.39, 0.29) is 23.6 Å². The number of fused-ring (bicyclic) bond motifs is 9. The van der Waals surface area contributed by atoms with Gasteiger partial charge in [0.15, 0.2) is 0 Å². The van der Waals surface area contributed by atoms with Gasteiger partial charge in [-0.25, -0.2) is 18.7 Å². The highest BCUT2D eigenvalue weighted by Gasteiger charge is 2.33. The molecule has 0 aliphatic carbocycles. The zero-order chi connectivity index (χ0) is 31.6. The van der Waals surface area contributed by atoms with Crippen molar-refractivity contribution in [1.82, 2.24) is 24.3 Å². The third-order valence-corrected chi connectivity index (χ3v) is 10.3. The molecule has 244 valence electrons. The highest BCUT2D eigenvalue weighted by atomic mass is 19.3. The lowest BCUT2D eigenvalue weighted by atomic mass is 9.89. The van der Waals surface area contributed by atoms with E-state index in [9.17, 15) is 4.79 Å². The van der Waals surface area contributed by atoms with E-state index < -0.39 is 5.92 Å². The molecule has 2 aromatic heterocycles. The van der Waals surface area contributed by atoms with Gasteiger partial charge in [-0.15, -0.1) is 0 Å². The summed E-state index contributed by atoms with van der Waals surface area (Å²) in [6.45, 7) is 13.3. The van der Waals surface area contributed by atoms with E-state index in [1.807, 2.05) is 23.6 Å². The SMILES string of the molecule is CC(C)N1CCN(c2cc3c4ncnc3n(c2=O)CCCCCN2CCC(CC2)CCC(F)(F)c2cccc(c2)[C@@H](C)N4)CC1. The van der Waals surface area contributed by atoms with Gasteiger partial charge in [0.2, 0.25) is 0 Å². The Morgan fingerprint density at radius 3 is 2.42 bits per heavy atom. The number of halogens is 2. The first-order chi connectivity index (χ1) is 21.7. The molecule has 10 heteroatoms. The summed E-state index contributed by atoms with van der Waals surface area (Å²) in [7, 11) is 0. The molecular weight excluding hydrogens is 572 g/mol. The summed E-state index contributed by atoms with van der Waals surface area (Å²) in [5.41, 5.74) is 2.13.